The molecule has 8 nitrogen and oxygen atoms in total. The van der Waals surface area contributed by atoms with Crippen LogP contribution in [-0.4, -0.2) is 64.0 Å². The van der Waals surface area contributed by atoms with Gasteiger partial charge in [0.05, 0.1) is 22.2 Å². The topological polar surface area (TPSA) is 95.4 Å². The van der Waals surface area contributed by atoms with Crippen molar-refractivity contribution in [1.82, 2.24) is 19.8 Å². The minimum atomic E-state index is -0.401. The van der Waals surface area contributed by atoms with Crippen molar-refractivity contribution >= 4 is 16.6 Å². The van der Waals surface area contributed by atoms with Gasteiger partial charge in [0.15, 0.2) is 0 Å². The highest BCUT2D eigenvalue weighted by Gasteiger charge is 2.26. The molecule has 0 amide bonds. The van der Waals surface area contributed by atoms with Gasteiger partial charge in [-0.3, -0.25) is 19.8 Å². The average Bonchev–Trinajstić information content (AvgIpc) is 2.62. The van der Waals surface area contributed by atoms with E-state index in [1.165, 1.54) is 12.4 Å². The number of hydrogen-bond acceptors (Lipinski definition) is 6. The van der Waals surface area contributed by atoms with Gasteiger partial charge in [0.2, 0.25) is 0 Å². The molecule has 146 valence electrons. The lowest BCUT2D eigenvalue weighted by Gasteiger charge is -2.40. The van der Waals surface area contributed by atoms with Crippen molar-refractivity contribution in [2.75, 3.05) is 33.2 Å². The van der Waals surface area contributed by atoms with Crippen molar-refractivity contribution in [3.8, 4) is 0 Å². The molecule has 1 N–H and O–H groups in total. The van der Waals surface area contributed by atoms with Gasteiger partial charge in [0.25, 0.3) is 11.2 Å². The van der Waals surface area contributed by atoms with Crippen LogP contribution in [0.1, 0.15) is 25.8 Å². The fourth-order valence-corrected chi connectivity index (χ4v) is 3.91. The maximum absolute atomic E-state index is 11.9. The number of piperazine rings is 1. The highest BCUT2D eigenvalue weighted by Crippen LogP contribution is 2.27. The number of nitro benzene ring substituents is 1. The van der Waals surface area contributed by atoms with Crippen LogP contribution in [-0.2, 0) is 6.42 Å². The van der Waals surface area contributed by atoms with Crippen molar-refractivity contribution in [1.29, 1.82) is 0 Å². The van der Waals surface area contributed by atoms with Gasteiger partial charge in [0.1, 0.15) is 0 Å². The summed E-state index contributed by atoms with van der Waals surface area (Å²) < 4.78 is 0. The van der Waals surface area contributed by atoms with Gasteiger partial charge < -0.3 is 9.88 Å². The molecule has 1 aromatic carbocycles. The fraction of sp³-hybridized carbons (Fsp3) is 0.579. The Hall–Kier alpha value is -2.32. The molecule has 1 atom stereocenters. The average molecular weight is 373 g/mol. The lowest BCUT2D eigenvalue weighted by molar-refractivity contribution is -0.385. The zero-order valence-corrected chi connectivity index (χ0v) is 16.1. The molecule has 1 fully saturated rings. The first-order valence-corrected chi connectivity index (χ1v) is 9.44. The number of hydrogen-bond donors (Lipinski definition) is 1. The molecule has 0 spiro atoms. The van der Waals surface area contributed by atoms with Crippen LogP contribution in [0.3, 0.4) is 0 Å². The molecule has 1 aliphatic rings. The third kappa shape index (κ3) is 4.33. The number of rotatable bonds is 6. The van der Waals surface area contributed by atoms with Crippen LogP contribution in [0.4, 0.5) is 5.69 Å². The summed E-state index contributed by atoms with van der Waals surface area (Å²) in [5.41, 5.74) is 0.791. The van der Waals surface area contributed by atoms with Crippen molar-refractivity contribution in [3.05, 3.63) is 44.5 Å². The molecule has 1 aromatic heterocycles. The highest BCUT2D eigenvalue weighted by molar-refractivity contribution is 5.81. The third-order valence-electron chi connectivity index (χ3n) is 5.52. The molecule has 3 rings (SSSR count). The standard InChI is InChI=1S/C19H27N5O3/c1-13(2)17(23-8-6-22(3)7-9-23)5-4-14-10-16-15(11-18(14)24(26)27)19(25)21-12-20-16/h10-13,17H,4-9H2,1-3H3,(H,20,21,25). The molecule has 27 heavy (non-hydrogen) atoms. The van der Waals surface area contributed by atoms with Crippen molar-refractivity contribution < 1.29 is 4.92 Å². The van der Waals surface area contributed by atoms with Gasteiger partial charge in [-0.05, 0) is 31.9 Å². The molecule has 1 unspecified atom stereocenters. The Bertz CT molecular complexity index is 871. The van der Waals surface area contributed by atoms with Gasteiger partial charge in [-0.1, -0.05) is 13.8 Å². The zero-order chi connectivity index (χ0) is 19.6. The number of fused-ring (bicyclic) bond motifs is 1. The summed E-state index contributed by atoms with van der Waals surface area (Å²) in [5, 5.41) is 11.8. The number of aromatic nitrogens is 2. The Morgan fingerprint density at radius 3 is 2.59 bits per heavy atom. The van der Waals surface area contributed by atoms with Gasteiger partial charge in [-0.25, -0.2) is 4.98 Å². The molecule has 1 saturated heterocycles. The largest absolute Gasteiger partial charge is 0.313 e. The Kier molecular flexibility index (Phi) is 5.86. The Labute approximate surface area is 158 Å². The first-order valence-electron chi connectivity index (χ1n) is 9.44. The van der Waals surface area contributed by atoms with Crippen molar-refractivity contribution in [2.45, 2.75) is 32.7 Å². The fourth-order valence-electron chi connectivity index (χ4n) is 3.91. The molecule has 8 heteroatoms. The molecule has 0 saturated carbocycles. The normalized spacial score (nSPS) is 17.5. The van der Waals surface area contributed by atoms with E-state index in [-0.39, 0.29) is 16.6 Å². The van der Waals surface area contributed by atoms with Crippen LogP contribution in [0, 0.1) is 16.0 Å². The highest BCUT2D eigenvalue weighted by atomic mass is 16.6. The van der Waals surface area contributed by atoms with Crippen molar-refractivity contribution in [2.24, 2.45) is 5.92 Å². The van der Waals surface area contributed by atoms with E-state index in [1.54, 1.807) is 6.07 Å². The van der Waals surface area contributed by atoms with Crippen LogP contribution in [0.2, 0.25) is 0 Å². The Balaban J connectivity index is 1.85. The summed E-state index contributed by atoms with van der Waals surface area (Å²) in [6.07, 6.45) is 2.77. The van der Waals surface area contributed by atoms with E-state index in [9.17, 15) is 14.9 Å². The van der Waals surface area contributed by atoms with E-state index < -0.39 is 4.92 Å². The molecule has 0 aliphatic carbocycles. The molecule has 0 radical (unpaired) electrons. The van der Waals surface area contributed by atoms with E-state index in [4.69, 9.17) is 0 Å². The van der Waals surface area contributed by atoms with E-state index in [2.05, 4.69) is 40.7 Å². The number of likely N-dealkylation sites (N-methyl/N-ethyl adjacent to an activating group) is 1. The molecule has 2 aromatic rings. The van der Waals surface area contributed by atoms with Crippen molar-refractivity contribution in [3.63, 3.8) is 0 Å². The third-order valence-corrected chi connectivity index (χ3v) is 5.52. The second-order valence-corrected chi connectivity index (χ2v) is 7.68. The van der Waals surface area contributed by atoms with E-state index in [0.717, 1.165) is 32.6 Å². The molecule has 1 aliphatic heterocycles. The van der Waals surface area contributed by atoms with Gasteiger partial charge in [-0.15, -0.1) is 0 Å². The van der Waals surface area contributed by atoms with Crippen LogP contribution < -0.4 is 5.56 Å². The Morgan fingerprint density at radius 2 is 1.96 bits per heavy atom. The number of aromatic amines is 1. The smallest absolute Gasteiger partial charge is 0.273 e. The van der Waals surface area contributed by atoms with E-state index >= 15 is 0 Å². The maximum atomic E-state index is 11.9. The lowest BCUT2D eigenvalue weighted by Crippen LogP contribution is -2.50. The quantitative estimate of drug-likeness (QED) is 0.615. The minimum Gasteiger partial charge on any atom is -0.313 e. The van der Waals surface area contributed by atoms with Gasteiger partial charge >= 0.3 is 0 Å². The summed E-state index contributed by atoms with van der Waals surface area (Å²) in [5.74, 6) is 0.467. The molecular formula is C19H27N5O3. The number of H-pyrrole nitrogens is 1. The maximum Gasteiger partial charge on any atom is 0.273 e. The summed E-state index contributed by atoms with van der Waals surface area (Å²) in [7, 11) is 2.13. The monoisotopic (exact) mass is 373 g/mol. The number of benzene rings is 1. The van der Waals surface area contributed by atoms with E-state index in [0.29, 0.717) is 29.5 Å². The predicted octanol–water partition coefficient (Wildman–Crippen LogP) is 2.04. The van der Waals surface area contributed by atoms with E-state index in [1.807, 2.05) is 0 Å². The minimum absolute atomic E-state index is 0.00174. The second-order valence-electron chi connectivity index (χ2n) is 7.68. The van der Waals surface area contributed by atoms with Crippen LogP contribution in [0.5, 0.6) is 0 Å². The summed E-state index contributed by atoms with van der Waals surface area (Å²) in [6, 6.07) is 3.43. The molecule has 2 heterocycles. The summed E-state index contributed by atoms with van der Waals surface area (Å²) >= 11 is 0. The first-order chi connectivity index (χ1) is 12.9. The summed E-state index contributed by atoms with van der Waals surface area (Å²) in [4.78, 5) is 34.5. The predicted molar refractivity (Wildman–Crippen MR) is 105 cm³/mol. The van der Waals surface area contributed by atoms with Crippen LogP contribution in [0.25, 0.3) is 10.9 Å². The molecule has 0 bridgehead atoms. The van der Waals surface area contributed by atoms with Gasteiger partial charge in [0, 0.05) is 43.9 Å². The first kappa shape index (κ1) is 19.4. The zero-order valence-electron chi connectivity index (χ0n) is 16.1. The lowest BCUT2D eigenvalue weighted by atomic mass is 9.93. The number of nitrogens with one attached hydrogen (secondary N) is 1. The van der Waals surface area contributed by atoms with Crippen LogP contribution in [0.15, 0.2) is 23.3 Å². The Morgan fingerprint density at radius 1 is 1.26 bits per heavy atom. The SMILES string of the molecule is CC(C)C(CCc1cc2nc[nH]c(=O)c2cc1[N+](=O)[O-])N1CCN(C)CC1. The van der Waals surface area contributed by atoms with Gasteiger partial charge in [-0.2, -0.15) is 0 Å². The number of nitro groups is 1. The summed E-state index contributed by atoms with van der Waals surface area (Å²) in [6.45, 7) is 8.56. The van der Waals surface area contributed by atoms with Crippen LogP contribution >= 0.6 is 0 Å². The second kappa shape index (κ2) is 8.14. The number of nitrogens with zero attached hydrogens (tertiary/aromatic N) is 4. The number of aryl methyl sites for hydroxylation is 1. The molecular weight excluding hydrogens is 346 g/mol.